The largest absolute Gasteiger partial charge is 0.377 e. The molecule has 5 rings (SSSR count). The van der Waals surface area contributed by atoms with Crippen molar-refractivity contribution in [3.05, 3.63) is 58.1 Å². The van der Waals surface area contributed by atoms with E-state index in [1.807, 2.05) is 6.07 Å². The lowest BCUT2D eigenvalue weighted by atomic mass is 9.97. The monoisotopic (exact) mass is 411 g/mol. The van der Waals surface area contributed by atoms with Gasteiger partial charge in [0.2, 0.25) is 0 Å². The summed E-state index contributed by atoms with van der Waals surface area (Å²) in [5.74, 6) is 1.20. The topological polar surface area (TPSA) is 55.6 Å². The molecule has 1 aliphatic heterocycles. The van der Waals surface area contributed by atoms with E-state index >= 15 is 0 Å². The van der Waals surface area contributed by atoms with Crippen molar-refractivity contribution in [2.45, 2.75) is 26.4 Å². The third-order valence-corrected chi connectivity index (χ3v) is 5.74. The maximum atomic E-state index is 14.5. The van der Waals surface area contributed by atoms with Gasteiger partial charge >= 0.3 is 0 Å². The Bertz CT molecular complexity index is 1260. The predicted octanol–water partition coefficient (Wildman–Crippen LogP) is 4.61. The Kier molecular flexibility index (Phi) is 4.37. The zero-order valence-corrected chi connectivity index (χ0v) is 16.9. The Labute approximate surface area is 171 Å². The van der Waals surface area contributed by atoms with Crippen LogP contribution in [0.3, 0.4) is 0 Å². The molecule has 0 saturated heterocycles. The molecule has 0 aliphatic carbocycles. The number of fused-ring (bicyclic) bond motifs is 4. The van der Waals surface area contributed by atoms with E-state index in [0.29, 0.717) is 28.3 Å². The fraction of sp³-hybridized carbons (Fsp3) is 0.286. The second-order valence-electron chi connectivity index (χ2n) is 7.23. The average molecular weight is 412 g/mol. The maximum Gasteiger partial charge on any atom is 0.257 e. The van der Waals surface area contributed by atoms with Crippen LogP contribution in [0.1, 0.15) is 23.4 Å². The second kappa shape index (κ2) is 6.93. The molecule has 0 radical (unpaired) electrons. The van der Waals surface area contributed by atoms with Crippen molar-refractivity contribution < 1.29 is 9.13 Å². The number of aromatic nitrogens is 4. The molecule has 8 heteroatoms. The van der Waals surface area contributed by atoms with E-state index in [1.54, 1.807) is 17.6 Å². The fourth-order valence-electron chi connectivity index (χ4n) is 4.13. The molecule has 0 spiro atoms. The van der Waals surface area contributed by atoms with Crippen LogP contribution in [0.4, 0.5) is 15.9 Å². The molecule has 29 heavy (non-hydrogen) atoms. The number of methoxy groups -OCH3 is 1. The second-order valence-corrected chi connectivity index (χ2v) is 7.64. The summed E-state index contributed by atoms with van der Waals surface area (Å²) in [6.45, 7) is 3.17. The predicted molar refractivity (Wildman–Crippen MR) is 110 cm³/mol. The van der Waals surface area contributed by atoms with Crippen LogP contribution >= 0.6 is 11.6 Å². The van der Waals surface area contributed by atoms with Gasteiger partial charge in [0.15, 0.2) is 5.82 Å². The third-order valence-electron chi connectivity index (χ3n) is 5.45. The number of hydrogen-bond acceptors (Lipinski definition) is 5. The summed E-state index contributed by atoms with van der Waals surface area (Å²) in [6, 6.07) is 9.30. The molecule has 0 fully saturated rings. The number of ether oxygens (including phenoxy) is 1. The molecule has 0 atom stereocenters. The summed E-state index contributed by atoms with van der Waals surface area (Å²) in [4.78, 5) is 6.92. The van der Waals surface area contributed by atoms with Crippen LogP contribution in [0.2, 0.25) is 5.02 Å². The normalized spacial score (nSPS) is 14.0. The smallest absolute Gasteiger partial charge is 0.257 e. The average Bonchev–Trinajstić information content (AvgIpc) is 3.12. The van der Waals surface area contributed by atoms with E-state index in [2.05, 4.69) is 34.2 Å². The van der Waals surface area contributed by atoms with E-state index in [-0.39, 0.29) is 11.6 Å². The van der Waals surface area contributed by atoms with Gasteiger partial charge in [-0.05, 0) is 49.1 Å². The van der Waals surface area contributed by atoms with E-state index in [9.17, 15) is 4.39 Å². The van der Waals surface area contributed by atoms with Crippen molar-refractivity contribution in [1.82, 2.24) is 19.6 Å². The summed E-state index contributed by atoms with van der Waals surface area (Å²) in [6.07, 6.45) is 2.01. The summed E-state index contributed by atoms with van der Waals surface area (Å²) in [7, 11) is 1.59. The number of nitrogens with zero attached hydrogens (tertiary/aromatic N) is 5. The summed E-state index contributed by atoms with van der Waals surface area (Å²) in [5, 5.41) is 9.13. The first kappa shape index (κ1) is 18.3. The lowest BCUT2D eigenvalue weighted by molar-refractivity contribution is 0.177. The minimum Gasteiger partial charge on any atom is -0.377 e. The zero-order valence-electron chi connectivity index (χ0n) is 16.1. The molecule has 6 nitrogen and oxygen atoms in total. The Hall–Kier alpha value is -2.77. The van der Waals surface area contributed by atoms with Gasteiger partial charge < -0.3 is 9.64 Å². The number of aryl methyl sites for hydroxylation is 1. The maximum absolute atomic E-state index is 14.5. The molecule has 3 heterocycles. The van der Waals surface area contributed by atoms with E-state index in [1.165, 1.54) is 17.2 Å². The van der Waals surface area contributed by atoms with Crippen LogP contribution < -0.4 is 4.90 Å². The van der Waals surface area contributed by atoms with Gasteiger partial charge in [-0.25, -0.2) is 4.39 Å². The number of hydrogen-bond donors (Lipinski definition) is 0. The first-order valence-electron chi connectivity index (χ1n) is 9.46. The number of benzene rings is 2. The van der Waals surface area contributed by atoms with Crippen molar-refractivity contribution in [3.8, 4) is 0 Å². The number of rotatable bonds is 3. The lowest BCUT2D eigenvalue weighted by Crippen LogP contribution is -2.26. The van der Waals surface area contributed by atoms with Gasteiger partial charge in [-0.2, -0.15) is 4.98 Å². The third kappa shape index (κ3) is 2.84. The Morgan fingerprint density at radius 3 is 2.93 bits per heavy atom. The van der Waals surface area contributed by atoms with Gasteiger partial charge in [-0.15, -0.1) is 10.2 Å². The molecule has 2 aromatic heterocycles. The SMILES string of the molecule is COCc1nnc2nc(N3CCCc4c(C)cccc43)c3cc(F)c(Cl)cc3n12. The fourth-order valence-corrected chi connectivity index (χ4v) is 4.29. The van der Waals surface area contributed by atoms with Crippen LogP contribution in [-0.4, -0.2) is 33.2 Å². The van der Waals surface area contributed by atoms with E-state index in [4.69, 9.17) is 21.3 Å². The highest BCUT2D eigenvalue weighted by atomic mass is 35.5. The standard InChI is InChI=1S/C21H19ClFN5O/c1-12-5-3-7-17-13(12)6-4-8-27(17)20-14-9-16(23)15(22)10-18(14)28-19(11-29-2)25-26-21(28)24-20/h3,5,7,9-10H,4,6,8,11H2,1-2H3. The molecule has 0 bridgehead atoms. The van der Waals surface area contributed by atoms with Crippen molar-refractivity contribution in [2.24, 2.45) is 0 Å². The molecular weight excluding hydrogens is 393 g/mol. The highest BCUT2D eigenvalue weighted by molar-refractivity contribution is 6.31. The van der Waals surface area contributed by atoms with Gasteiger partial charge in [-0.1, -0.05) is 23.7 Å². The molecule has 148 valence electrons. The Morgan fingerprint density at radius 1 is 1.24 bits per heavy atom. The van der Waals surface area contributed by atoms with Crippen LogP contribution in [0.25, 0.3) is 16.7 Å². The number of halogens is 2. The van der Waals surface area contributed by atoms with Crippen LogP contribution in [0.5, 0.6) is 0 Å². The molecule has 0 saturated carbocycles. The minimum absolute atomic E-state index is 0.0444. The Morgan fingerprint density at radius 2 is 2.10 bits per heavy atom. The molecule has 1 aliphatic rings. The van der Waals surface area contributed by atoms with Gasteiger partial charge in [0.05, 0.1) is 10.5 Å². The first-order valence-corrected chi connectivity index (χ1v) is 9.84. The summed E-state index contributed by atoms with van der Waals surface area (Å²) in [5.41, 5.74) is 4.34. The number of anilines is 2. The molecule has 4 aromatic rings. The molecular formula is C21H19ClFN5O. The van der Waals surface area contributed by atoms with E-state index < -0.39 is 5.82 Å². The minimum atomic E-state index is -0.482. The van der Waals surface area contributed by atoms with Gasteiger partial charge in [0, 0.05) is 24.7 Å². The lowest BCUT2D eigenvalue weighted by Gasteiger charge is -2.32. The highest BCUT2D eigenvalue weighted by Gasteiger charge is 2.25. The molecule has 0 unspecified atom stereocenters. The van der Waals surface area contributed by atoms with Gasteiger partial charge in [-0.3, -0.25) is 4.40 Å². The first-order chi connectivity index (χ1) is 14.1. The van der Waals surface area contributed by atoms with Crippen molar-refractivity contribution in [3.63, 3.8) is 0 Å². The van der Waals surface area contributed by atoms with Crippen LogP contribution in [-0.2, 0) is 17.8 Å². The molecule has 0 amide bonds. The van der Waals surface area contributed by atoms with E-state index in [0.717, 1.165) is 25.1 Å². The molecule has 0 N–H and O–H groups in total. The van der Waals surface area contributed by atoms with Crippen molar-refractivity contribution >= 4 is 39.8 Å². The highest BCUT2D eigenvalue weighted by Crippen LogP contribution is 2.38. The quantitative estimate of drug-likeness (QED) is 0.492. The summed E-state index contributed by atoms with van der Waals surface area (Å²) < 4.78 is 21.5. The van der Waals surface area contributed by atoms with Crippen molar-refractivity contribution in [1.29, 1.82) is 0 Å². The van der Waals surface area contributed by atoms with Crippen LogP contribution in [0.15, 0.2) is 30.3 Å². The summed E-state index contributed by atoms with van der Waals surface area (Å²) >= 11 is 6.13. The van der Waals surface area contributed by atoms with Crippen molar-refractivity contribution in [2.75, 3.05) is 18.6 Å². The Balaban J connectivity index is 1.83. The van der Waals surface area contributed by atoms with Gasteiger partial charge in [0.25, 0.3) is 5.78 Å². The zero-order chi connectivity index (χ0) is 20.1. The van der Waals surface area contributed by atoms with Crippen LogP contribution in [0, 0.1) is 12.7 Å². The molecule has 2 aromatic carbocycles. The van der Waals surface area contributed by atoms with Gasteiger partial charge in [0.1, 0.15) is 18.2 Å².